The molecule has 0 unspecified atom stereocenters. The van der Waals surface area contributed by atoms with Gasteiger partial charge in [0.1, 0.15) is 6.54 Å². The topological polar surface area (TPSA) is 66.9 Å². The molecule has 0 bridgehead atoms. The maximum absolute atomic E-state index is 12.3. The lowest BCUT2D eigenvalue weighted by atomic mass is 10.2. The number of ether oxygens (including phenoxy) is 1. The lowest BCUT2D eigenvalue weighted by molar-refractivity contribution is -0.124. The molecule has 1 fully saturated rings. The number of benzene rings is 1. The Kier molecular flexibility index (Phi) is 4.07. The van der Waals surface area contributed by atoms with Crippen molar-refractivity contribution in [3.05, 3.63) is 42.0 Å². The Morgan fingerprint density at radius 3 is 2.71 bits per heavy atom. The number of imide groups is 1. The van der Waals surface area contributed by atoms with E-state index in [1.54, 1.807) is 25.1 Å². The van der Waals surface area contributed by atoms with Crippen molar-refractivity contribution in [2.45, 2.75) is 6.92 Å². The van der Waals surface area contributed by atoms with Crippen LogP contribution in [0.15, 0.2) is 36.4 Å². The van der Waals surface area contributed by atoms with E-state index in [9.17, 15) is 14.4 Å². The zero-order valence-corrected chi connectivity index (χ0v) is 12.0. The van der Waals surface area contributed by atoms with Crippen LogP contribution in [-0.2, 0) is 9.53 Å². The van der Waals surface area contributed by atoms with Gasteiger partial charge in [0.2, 0.25) is 0 Å². The molecule has 2 rings (SSSR count). The first kappa shape index (κ1) is 14.8. The Labute approximate surface area is 122 Å². The van der Waals surface area contributed by atoms with Crippen LogP contribution in [0.5, 0.6) is 0 Å². The predicted octanol–water partition coefficient (Wildman–Crippen LogP) is 1.82. The van der Waals surface area contributed by atoms with Crippen LogP contribution in [0, 0.1) is 0 Å². The van der Waals surface area contributed by atoms with Gasteiger partial charge in [0.25, 0.3) is 5.91 Å². The summed E-state index contributed by atoms with van der Waals surface area (Å²) in [6, 6.07) is 6.01. The molecule has 6 nitrogen and oxygen atoms in total. The summed E-state index contributed by atoms with van der Waals surface area (Å²) in [4.78, 5) is 38.2. The van der Waals surface area contributed by atoms with Gasteiger partial charge in [0, 0.05) is 5.69 Å². The molecular formula is C15H16N2O4. The molecule has 21 heavy (non-hydrogen) atoms. The normalized spacial score (nSPS) is 14.6. The maximum Gasteiger partial charge on any atom is 0.337 e. The molecule has 1 aliphatic heterocycles. The van der Waals surface area contributed by atoms with E-state index in [0.29, 0.717) is 11.3 Å². The van der Waals surface area contributed by atoms with Gasteiger partial charge in [-0.1, -0.05) is 18.2 Å². The third-order valence-electron chi connectivity index (χ3n) is 3.06. The maximum atomic E-state index is 12.3. The number of amides is 3. The van der Waals surface area contributed by atoms with Crippen LogP contribution >= 0.6 is 0 Å². The van der Waals surface area contributed by atoms with Crippen molar-refractivity contribution in [2.75, 3.05) is 25.1 Å². The van der Waals surface area contributed by atoms with Crippen LogP contribution in [0.25, 0.3) is 0 Å². The quantitative estimate of drug-likeness (QED) is 0.481. The third kappa shape index (κ3) is 2.94. The van der Waals surface area contributed by atoms with Crippen molar-refractivity contribution in [2.24, 2.45) is 0 Å². The van der Waals surface area contributed by atoms with Gasteiger partial charge in [-0.2, -0.15) is 0 Å². The molecule has 1 heterocycles. The van der Waals surface area contributed by atoms with E-state index in [4.69, 9.17) is 0 Å². The minimum absolute atomic E-state index is 0.0449. The van der Waals surface area contributed by atoms with E-state index in [1.165, 1.54) is 18.1 Å². The number of carbonyl (C=O) groups is 3. The van der Waals surface area contributed by atoms with Gasteiger partial charge in [0.05, 0.1) is 19.2 Å². The molecule has 1 aliphatic rings. The number of carbonyl (C=O) groups excluding carboxylic acids is 3. The highest BCUT2D eigenvalue weighted by atomic mass is 16.5. The standard InChI is InChI=1S/C15H16N2O4/c1-10(2)8-17-13(18)9-16(15(17)20)12-6-4-5-11(7-12)14(19)21-3/h4-7H,1,8-9H2,2-3H3. The van der Waals surface area contributed by atoms with E-state index in [0.717, 1.165) is 10.5 Å². The van der Waals surface area contributed by atoms with Crippen LogP contribution in [-0.4, -0.2) is 43.0 Å². The fraction of sp³-hybridized carbons (Fsp3) is 0.267. The lowest BCUT2D eigenvalue weighted by Crippen LogP contribution is -2.34. The summed E-state index contributed by atoms with van der Waals surface area (Å²) < 4.78 is 4.64. The van der Waals surface area contributed by atoms with Gasteiger partial charge in [-0.05, 0) is 25.1 Å². The fourth-order valence-electron chi connectivity index (χ4n) is 2.09. The van der Waals surface area contributed by atoms with Gasteiger partial charge in [-0.15, -0.1) is 0 Å². The highest BCUT2D eigenvalue weighted by Crippen LogP contribution is 2.23. The Morgan fingerprint density at radius 1 is 1.38 bits per heavy atom. The zero-order chi connectivity index (χ0) is 15.6. The molecule has 0 N–H and O–H groups in total. The average molecular weight is 288 g/mol. The summed E-state index contributed by atoms with van der Waals surface area (Å²) in [7, 11) is 1.29. The van der Waals surface area contributed by atoms with Crippen LogP contribution in [0.3, 0.4) is 0 Å². The molecule has 0 radical (unpaired) electrons. The Balaban J connectivity index is 2.27. The number of hydrogen-bond donors (Lipinski definition) is 0. The Hall–Kier alpha value is -2.63. The minimum atomic E-state index is -0.492. The molecule has 0 atom stereocenters. The Bertz CT molecular complexity index is 624. The van der Waals surface area contributed by atoms with Crippen molar-refractivity contribution in [1.82, 2.24) is 4.90 Å². The number of urea groups is 1. The molecule has 3 amide bonds. The number of anilines is 1. The van der Waals surface area contributed by atoms with Gasteiger partial charge >= 0.3 is 12.0 Å². The minimum Gasteiger partial charge on any atom is -0.465 e. The first-order chi connectivity index (χ1) is 9.93. The molecule has 0 spiro atoms. The molecular weight excluding hydrogens is 272 g/mol. The van der Waals surface area contributed by atoms with Crippen LogP contribution < -0.4 is 4.90 Å². The van der Waals surface area contributed by atoms with Crippen molar-refractivity contribution >= 4 is 23.6 Å². The van der Waals surface area contributed by atoms with E-state index in [1.807, 2.05) is 0 Å². The molecule has 1 saturated heterocycles. The van der Waals surface area contributed by atoms with Gasteiger partial charge in [-0.25, -0.2) is 9.59 Å². The van der Waals surface area contributed by atoms with E-state index in [-0.39, 0.29) is 19.0 Å². The summed E-state index contributed by atoms with van der Waals surface area (Å²) in [5.41, 5.74) is 1.54. The molecule has 0 aliphatic carbocycles. The lowest BCUT2D eigenvalue weighted by Gasteiger charge is -2.17. The first-order valence-electron chi connectivity index (χ1n) is 6.38. The molecule has 1 aromatic rings. The second kappa shape index (κ2) is 5.78. The largest absolute Gasteiger partial charge is 0.465 e. The summed E-state index contributed by atoms with van der Waals surface area (Å²) in [6.07, 6.45) is 0. The van der Waals surface area contributed by atoms with Crippen molar-refractivity contribution in [1.29, 1.82) is 0 Å². The average Bonchev–Trinajstić information content (AvgIpc) is 2.74. The second-order valence-corrected chi connectivity index (χ2v) is 4.85. The number of hydrogen-bond acceptors (Lipinski definition) is 4. The molecule has 6 heteroatoms. The first-order valence-corrected chi connectivity index (χ1v) is 6.38. The number of esters is 1. The van der Waals surface area contributed by atoms with Crippen LogP contribution in [0.2, 0.25) is 0 Å². The van der Waals surface area contributed by atoms with Gasteiger partial charge in [0.15, 0.2) is 0 Å². The molecule has 0 aromatic heterocycles. The third-order valence-corrected chi connectivity index (χ3v) is 3.06. The summed E-state index contributed by atoms with van der Waals surface area (Å²) in [6.45, 7) is 5.61. The smallest absolute Gasteiger partial charge is 0.337 e. The highest BCUT2D eigenvalue weighted by molar-refractivity contribution is 6.12. The number of nitrogens with zero attached hydrogens (tertiary/aromatic N) is 2. The fourth-order valence-corrected chi connectivity index (χ4v) is 2.09. The predicted molar refractivity (Wildman–Crippen MR) is 77.1 cm³/mol. The number of rotatable bonds is 4. The summed E-state index contributed by atoms with van der Waals surface area (Å²) >= 11 is 0. The van der Waals surface area contributed by atoms with E-state index >= 15 is 0 Å². The van der Waals surface area contributed by atoms with Crippen molar-refractivity contribution in [3.63, 3.8) is 0 Å². The van der Waals surface area contributed by atoms with Gasteiger partial charge < -0.3 is 4.74 Å². The van der Waals surface area contributed by atoms with E-state index in [2.05, 4.69) is 11.3 Å². The monoisotopic (exact) mass is 288 g/mol. The highest BCUT2D eigenvalue weighted by Gasteiger charge is 2.36. The van der Waals surface area contributed by atoms with Crippen molar-refractivity contribution in [3.8, 4) is 0 Å². The van der Waals surface area contributed by atoms with Crippen molar-refractivity contribution < 1.29 is 19.1 Å². The molecule has 1 aromatic carbocycles. The summed E-state index contributed by atoms with van der Waals surface area (Å²) in [5, 5.41) is 0. The SMILES string of the molecule is C=C(C)CN1C(=O)CN(c2cccc(C(=O)OC)c2)C1=O. The van der Waals surface area contributed by atoms with Crippen LogP contribution in [0.1, 0.15) is 17.3 Å². The van der Waals surface area contributed by atoms with Gasteiger partial charge in [-0.3, -0.25) is 14.6 Å². The molecule has 0 saturated carbocycles. The van der Waals surface area contributed by atoms with Crippen LogP contribution in [0.4, 0.5) is 10.5 Å². The second-order valence-electron chi connectivity index (χ2n) is 4.85. The number of methoxy groups -OCH3 is 1. The summed E-state index contributed by atoms with van der Waals surface area (Å²) in [5.74, 6) is -0.778. The Morgan fingerprint density at radius 2 is 2.10 bits per heavy atom. The zero-order valence-electron chi connectivity index (χ0n) is 12.0. The van der Waals surface area contributed by atoms with E-state index < -0.39 is 12.0 Å². The molecule has 110 valence electrons.